The van der Waals surface area contributed by atoms with Gasteiger partial charge in [0.25, 0.3) is 5.91 Å². The summed E-state index contributed by atoms with van der Waals surface area (Å²) in [5.41, 5.74) is 0.549. The van der Waals surface area contributed by atoms with E-state index >= 15 is 0 Å². The van der Waals surface area contributed by atoms with Crippen molar-refractivity contribution in [3.63, 3.8) is 0 Å². The molecule has 0 saturated heterocycles. The summed E-state index contributed by atoms with van der Waals surface area (Å²) in [5.74, 6) is 0.0979. The standard InChI is InChI=1S/C15H19NO3/c1-10-5-6-11(7-10)9-16-14(17)12-3-2-4-13(8-12)15(18)19/h2-4,8,10-11H,5-7,9H2,1H3,(H,16,17)(H,18,19). The second-order valence-corrected chi connectivity index (χ2v) is 5.38. The maximum absolute atomic E-state index is 12.0. The van der Waals surface area contributed by atoms with E-state index in [4.69, 9.17) is 5.11 Å². The number of carbonyl (C=O) groups excluding carboxylic acids is 1. The lowest BCUT2D eigenvalue weighted by molar-refractivity contribution is 0.0697. The molecule has 2 N–H and O–H groups in total. The van der Waals surface area contributed by atoms with Crippen molar-refractivity contribution in [2.45, 2.75) is 26.2 Å². The van der Waals surface area contributed by atoms with Crippen LogP contribution in [0, 0.1) is 11.8 Å². The van der Waals surface area contributed by atoms with Crippen molar-refractivity contribution in [2.24, 2.45) is 11.8 Å². The first-order chi connectivity index (χ1) is 9.06. The largest absolute Gasteiger partial charge is 0.478 e. The summed E-state index contributed by atoms with van der Waals surface area (Å²) in [6.45, 7) is 2.92. The summed E-state index contributed by atoms with van der Waals surface area (Å²) < 4.78 is 0. The van der Waals surface area contributed by atoms with Crippen molar-refractivity contribution in [3.8, 4) is 0 Å². The van der Waals surface area contributed by atoms with Gasteiger partial charge in [-0.05, 0) is 42.9 Å². The van der Waals surface area contributed by atoms with Crippen LogP contribution in [0.25, 0.3) is 0 Å². The Kier molecular flexibility index (Phi) is 4.20. The van der Waals surface area contributed by atoms with Crippen LogP contribution in [0.15, 0.2) is 24.3 Å². The Morgan fingerprint density at radius 2 is 2.05 bits per heavy atom. The molecular weight excluding hydrogens is 242 g/mol. The van der Waals surface area contributed by atoms with E-state index in [-0.39, 0.29) is 11.5 Å². The highest BCUT2D eigenvalue weighted by atomic mass is 16.4. The molecule has 1 aliphatic rings. The van der Waals surface area contributed by atoms with Gasteiger partial charge in [-0.15, -0.1) is 0 Å². The van der Waals surface area contributed by atoms with Gasteiger partial charge in [0.2, 0.25) is 0 Å². The van der Waals surface area contributed by atoms with E-state index in [0.29, 0.717) is 18.0 Å². The van der Waals surface area contributed by atoms with Crippen LogP contribution in [-0.2, 0) is 0 Å². The van der Waals surface area contributed by atoms with Gasteiger partial charge < -0.3 is 10.4 Å². The van der Waals surface area contributed by atoms with Crippen LogP contribution < -0.4 is 5.32 Å². The molecule has 0 aromatic heterocycles. The average molecular weight is 261 g/mol. The van der Waals surface area contributed by atoms with Gasteiger partial charge in [-0.2, -0.15) is 0 Å². The van der Waals surface area contributed by atoms with Crippen LogP contribution in [0.4, 0.5) is 0 Å². The minimum absolute atomic E-state index is 0.141. The normalized spacial score (nSPS) is 22.2. The Morgan fingerprint density at radius 1 is 1.32 bits per heavy atom. The van der Waals surface area contributed by atoms with Crippen molar-refractivity contribution >= 4 is 11.9 Å². The summed E-state index contributed by atoms with van der Waals surface area (Å²) >= 11 is 0. The lowest BCUT2D eigenvalue weighted by Gasteiger charge is -2.11. The molecule has 0 bridgehead atoms. The number of aromatic carboxylic acids is 1. The number of carbonyl (C=O) groups is 2. The molecule has 1 fully saturated rings. The maximum Gasteiger partial charge on any atom is 0.335 e. The van der Waals surface area contributed by atoms with Gasteiger partial charge in [-0.25, -0.2) is 4.79 Å². The van der Waals surface area contributed by atoms with E-state index in [1.807, 2.05) is 0 Å². The molecule has 102 valence electrons. The molecule has 2 rings (SSSR count). The van der Waals surface area contributed by atoms with E-state index in [9.17, 15) is 9.59 Å². The highest BCUT2D eigenvalue weighted by molar-refractivity contribution is 5.97. The fourth-order valence-electron chi connectivity index (χ4n) is 2.64. The summed E-state index contributed by atoms with van der Waals surface area (Å²) in [6, 6.07) is 6.13. The van der Waals surface area contributed by atoms with Crippen molar-refractivity contribution < 1.29 is 14.7 Å². The number of hydrogen-bond donors (Lipinski definition) is 2. The molecule has 0 spiro atoms. The zero-order chi connectivity index (χ0) is 13.8. The Balaban J connectivity index is 1.92. The molecule has 1 aromatic carbocycles. The molecule has 19 heavy (non-hydrogen) atoms. The van der Waals surface area contributed by atoms with Crippen molar-refractivity contribution in [3.05, 3.63) is 35.4 Å². The van der Waals surface area contributed by atoms with Gasteiger partial charge in [0.1, 0.15) is 0 Å². The van der Waals surface area contributed by atoms with E-state index < -0.39 is 5.97 Å². The number of benzene rings is 1. The summed E-state index contributed by atoms with van der Waals surface area (Å²) in [5, 5.41) is 11.8. The van der Waals surface area contributed by atoms with E-state index in [0.717, 1.165) is 18.8 Å². The average Bonchev–Trinajstić information content (AvgIpc) is 2.82. The molecule has 0 radical (unpaired) electrons. The van der Waals surface area contributed by atoms with Gasteiger partial charge in [0.05, 0.1) is 5.56 Å². The van der Waals surface area contributed by atoms with E-state index in [2.05, 4.69) is 12.2 Å². The topological polar surface area (TPSA) is 66.4 Å². The number of nitrogens with one attached hydrogen (secondary N) is 1. The SMILES string of the molecule is CC1CCC(CNC(=O)c2cccc(C(=O)O)c2)C1. The molecule has 4 nitrogen and oxygen atoms in total. The van der Waals surface area contributed by atoms with Crippen LogP contribution in [0.5, 0.6) is 0 Å². The fraction of sp³-hybridized carbons (Fsp3) is 0.467. The summed E-state index contributed by atoms with van der Waals surface area (Å²) in [6.07, 6.45) is 3.56. The third-order valence-electron chi connectivity index (χ3n) is 3.73. The Morgan fingerprint density at radius 3 is 2.68 bits per heavy atom. The zero-order valence-electron chi connectivity index (χ0n) is 11.1. The van der Waals surface area contributed by atoms with E-state index in [1.54, 1.807) is 12.1 Å². The minimum atomic E-state index is -1.01. The Labute approximate surface area is 112 Å². The molecule has 1 aromatic rings. The molecular formula is C15H19NO3. The van der Waals surface area contributed by atoms with E-state index in [1.165, 1.54) is 18.6 Å². The fourth-order valence-corrected chi connectivity index (χ4v) is 2.64. The number of hydrogen-bond acceptors (Lipinski definition) is 2. The molecule has 1 saturated carbocycles. The van der Waals surface area contributed by atoms with Crippen molar-refractivity contribution in [2.75, 3.05) is 6.54 Å². The predicted octanol–water partition coefficient (Wildman–Crippen LogP) is 2.55. The first-order valence-electron chi connectivity index (χ1n) is 6.68. The van der Waals surface area contributed by atoms with Gasteiger partial charge >= 0.3 is 5.97 Å². The number of amides is 1. The number of rotatable bonds is 4. The van der Waals surface area contributed by atoms with Crippen LogP contribution in [0.2, 0.25) is 0 Å². The first-order valence-corrected chi connectivity index (χ1v) is 6.68. The van der Waals surface area contributed by atoms with Crippen molar-refractivity contribution in [1.82, 2.24) is 5.32 Å². The Bertz CT molecular complexity index is 484. The Hall–Kier alpha value is -1.84. The second kappa shape index (κ2) is 5.87. The van der Waals surface area contributed by atoms with Crippen LogP contribution in [-0.4, -0.2) is 23.5 Å². The van der Waals surface area contributed by atoms with Crippen LogP contribution in [0.1, 0.15) is 46.9 Å². The molecule has 2 atom stereocenters. The van der Waals surface area contributed by atoms with Gasteiger partial charge in [-0.3, -0.25) is 4.79 Å². The smallest absolute Gasteiger partial charge is 0.335 e. The van der Waals surface area contributed by atoms with Gasteiger partial charge in [0.15, 0.2) is 0 Å². The lowest BCUT2D eigenvalue weighted by Crippen LogP contribution is -2.28. The third kappa shape index (κ3) is 3.56. The van der Waals surface area contributed by atoms with Crippen LogP contribution >= 0.6 is 0 Å². The summed E-state index contributed by atoms with van der Waals surface area (Å²) in [4.78, 5) is 22.8. The highest BCUT2D eigenvalue weighted by Gasteiger charge is 2.21. The molecule has 0 heterocycles. The van der Waals surface area contributed by atoms with Crippen molar-refractivity contribution in [1.29, 1.82) is 0 Å². The third-order valence-corrected chi connectivity index (χ3v) is 3.73. The quantitative estimate of drug-likeness (QED) is 0.875. The monoisotopic (exact) mass is 261 g/mol. The number of carboxylic acids is 1. The molecule has 2 unspecified atom stereocenters. The highest BCUT2D eigenvalue weighted by Crippen LogP contribution is 2.29. The second-order valence-electron chi connectivity index (χ2n) is 5.38. The van der Waals surface area contributed by atoms with Gasteiger partial charge in [0, 0.05) is 12.1 Å². The first kappa shape index (κ1) is 13.6. The lowest BCUT2D eigenvalue weighted by atomic mass is 10.1. The maximum atomic E-state index is 12.0. The summed E-state index contributed by atoms with van der Waals surface area (Å²) in [7, 11) is 0. The van der Waals surface area contributed by atoms with Crippen LogP contribution in [0.3, 0.4) is 0 Å². The minimum Gasteiger partial charge on any atom is -0.478 e. The van der Waals surface area contributed by atoms with Gasteiger partial charge in [-0.1, -0.05) is 19.4 Å². The molecule has 1 amide bonds. The predicted molar refractivity (Wildman–Crippen MR) is 72.2 cm³/mol. The molecule has 4 heteroatoms. The zero-order valence-corrected chi connectivity index (χ0v) is 11.1. The number of carboxylic acid groups (broad SMARTS) is 1. The molecule has 1 aliphatic carbocycles. The molecule has 0 aliphatic heterocycles.